The monoisotopic (exact) mass is 402 g/mol. The Morgan fingerprint density at radius 2 is 2.00 bits per heavy atom. The van der Waals surface area contributed by atoms with Crippen molar-refractivity contribution in [3.63, 3.8) is 0 Å². The van der Waals surface area contributed by atoms with Gasteiger partial charge in [0.15, 0.2) is 0 Å². The molecule has 146 valence electrons. The molecule has 0 unspecified atom stereocenters. The molecule has 0 N–H and O–H groups in total. The van der Waals surface area contributed by atoms with Crippen LogP contribution < -0.4 is 4.90 Å². The maximum Gasteiger partial charge on any atom is 0.330 e. The van der Waals surface area contributed by atoms with E-state index in [1.54, 1.807) is 12.1 Å². The van der Waals surface area contributed by atoms with Crippen LogP contribution in [0.1, 0.15) is 6.92 Å². The predicted molar refractivity (Wildman–Crippen MR) is 108 cm³/mol. The minimum Gasteiger partial charge on any atom is -0.461 e. The fraction of sp³-hybridized carbons (Fsp3) is 0.211. The lowest BCUT2D eigenvalue weighted by Gasteiger charge is -2.22. The topological polar surface area (TPSA) is 97.4 Å². The number of benzene rings is 2. The lowest BCUT2D eigenvalue weighted by molar-refractivity contribution is -0.384. The maximum absolute atomic E-state index is 11.1. The Morgan fingerprint density at radius 1 is 1.29 bits per heavy atom. The predicted octanol–water partition coefficient (Wildman–Crippen LogP) is 5.22. The molecular weight excluding hydrogens is 384 g/mol. The van der Waals surface area contributed by atoms with Gasteiger partial charge >= 0.3 is 5.97 Å². The molecule has 0 heterocycles. The Balaban J connectivity index is 2.03. The van der Waals surface area contributed by atoms with Crippen molar-refractivity contribution in [2.45, 2.75) is 6.92 Å². The Labute approximate surface area is 167 Å². The number of nitrogens with zero attached hydrogens (tertiary/aromatic N) is 4. The molecule has 0 aliphatic rings. The fourth-order valence-electron chi connectivity index (χ4n) is 2.32. The lowest BCUT2D eigenvalue weighted by atomic mass is 10.2. The molecule has 0 saturated heterocycles. The third kappa shape index (κ3) is 5.88. The van der Waals surface area contributed by atoms with Crippen LogP contribution in [0.25, 0.3) is 0 Å². The van der Waals surface area contributed by atoms with E-state index in [1.165, 1.54) is 18.2 Å². The van der Waals surface area contributed by atoms with Crippen LogP contribution in [-0.2, 0) is 9.53 Å². The molecule has 0 amide bonds. The van der Waals surface area contributed by atoms with E-state index in [1.807, 2.05) is 24.0 Å². The largest absolute Gasteiger partial charge is 0.461 e. The van der Waals surface area contributed by atoms with Crippen molar-refractivity contribution in [1.29, 1.82) is 0 Å². The SMILES string of the molecule is C=CC(=O)OCCN(CC)c1ccc(N=Nc2ccc([N+](=O)[O-])cc2Cl)cc1. The van der Waals surface area contributed by atoms with Gasteiger partial charge in [-0.2, -0.15) is 5.11 Å². The molecule has 0 radical (unpaired) electrons. The highest BCUT2D eigenvalue weighted by atomic mass is 35.5. The van der Waals surface area contributed by atoms with Crippen LogP contribution in [0.15, 0.2) is 65.3 Å². The minimum absolute atomic E-state index is 0.105. The normalized spacial score (nSPS) is 10.6. The molecule has 2 aromatic rings. The number of esters is 1. The van der Waals surface area contributed by atoms with E-state index in [0.717, 1.165) is 18.3 Å². The third-order valence-corrected chi connectivity index (χ3v) is 4.09. The van der Waals surface area contributed by atoms with Gasteiger partial charge in [0.2, 0.25) is 0 Å². The first-order chi connectivity index (χ1) is 13.4. The zero-order valence-corrected chi connectivity index (χ0v) is 16.0. The van der Waals surface area contributed by atoms with Gasteiger partial charge in [-0.15, -0.1) is 5.11 Å². The summed E-state index contributed by atoms with van der Waals surface area (Å²) in [6, 6.07) is 11.3. The Bertz CT molecular complexity index is 884. The van der Waals surface area contributed by atoms with Gasteiger partial charge in [0.1, 0.15) is 12.3 Å². The van der Waals surface area contributed by atoms with Gasteiger partial charge in [-0.25, -0.2) is 4.79 Å². The Hall–Kier alpha value is -3.26. The van der Waals surface area contributed by atoms with E-state index < -0.39 is 10.9 Å². The van der Waals surface area contributed by atoms with Crippen molar-refractivity contribution in [3.05, 3.63) is 70.3 Å². The first-order valence-electron chi connectivity index (χ1n) is 8.44. The first kappa shape index (κ1) is 21.0. The second-order valence-electron chi connectivity index (χ2n) is 5.56. The molecule has 2 aromatic carbocycles. The number of carbonyl (C=O) groups excluding carboxylic acids is 1. The molecular formula is C19H19ClN4O4. The van der Waals surface area contributed by atoms with Crippen molar-refractivity contribution in [2.24, 2.45) is 10.2 Å². The van der Waals surface area contributed by atoms with E-state index in [-0.39, 0.29) is 17.3 Å². The van der Waals surface area contributed by atoms with Crippen LogP contribution >= 0.6 is 11.6 Å². The van der Waals surface area contributed by atoms with Gasteiger partial charge in [-0.05, 0) is 37.3 Å². The summed E-state index contributed by atoms with van der Waals surface area (Å²) in [5.41, 5.74) is 1.79. The summed E-state index contributed by atoms with van der Waals surface area (Å²) < 4.78 is 5.00. The number of azo groups is 1. The minimum atomic E-state index is -0.524. The Kier molecular flexibility index (Phi) is 7.65. The van der Waals surface area contributed by atoms with Gasteiger partial charge in [0.25, 0.3) is 5.69 Å². The van der Waals surface area contributed by atoms with Gasteiger partial charge < -0.3 is 9.64 Å². The first-order valence-corrected chi connectivity index (χ1v) is 8.82. The molecule has 0 aliphatic carbocycles. The third-order valence-electron chi connectivity index (χ3n) is 3.78. The van der Waals surface area contributed by atoms with E-state index in [2.05, 4.69) is 16.8 Å². The smallest absolute Gasteiger partial charge is 0.330 e. The number of likely N-dealkylation sites (N-methyl/N-ethyl adjacent to an activating group) is 1. The average Bonchev–Trinajstić information content (AvgIpc) is 2.70. The van der Waals surface area contributed by atoms with Crippen molar-refractivity contribution < 1.29 is 14.5 Å². The number of ether oxygens (including phenoxy) is 1. The number of rotatable bonds is 9. The van der Waals surface area contributed by atoms with Crippen LogP contribution in [-0.4, -0.2) is 30.6 Å². The number of non-ortho nitro benzene ring substituents is 1. The number of nitro benzene ring substituents is 1. The second-order valence-corrected chi connectivity index (χ2v) is 5.97. The number of halogens is 1. The van der Waals surface area contributed by atoms with Crippen LogP contribution in [0, 0.1) is 10.1 Å². The number of carbonyl (C=O) groups is 1. The standard InChI is InChI=1S/C19H19ClN4O4/c1-3-19(25)28-12-11-23(4-2)15-7-5-14(6-8-15)21-22-18-10-9-16(24(26)27)13-17(18)20/h3,5-10,13H,1,4,11-12H2,2H3. The summed E-state index contributed by atoms with van der Waals surface area (Å²) in [4.78, 5) is 23.4. The summed E-state index contributed by atoms with van der Waals surface area (Å²) in [5, 5.41) is 19.0. The van der Waals surface area contributed by atoms with Crippen molar-refractivity contribution >= 4 is 40.3 Å². The van der Waals surface area contributed by atoms with Crippen molar-refractivity contribution in [2.75, 3.05) is 24.6 Å². The number of nitro groups is 1. The zero-order chi connectivity index (χ0) is 20.5. The number of hydrogen-bond acceptors (Lipinski definition) is 7. The van der Waals surface area contributed by atoms with Crippen LogP contribution in [0.5, 0.6) is 0 Å². The summed E-state index contributed by atoms with van der Waals surface area (Å²) >= 11 is 6.00. The number of hydrogen-bond donors (Lipinski definition) is 0. The van der Waals surface area contributed by atoms with Crippen molar-refractivity contribution in [3.8, 4) is 0 Å². The summed E-state index contributed by atoms with van der Waals surface area (Å²) in [6.45, 7) is 6.91. The molecule has 0 spiro atoms. The van der Waals surface area contributed by atoms with Gasteiger partial charge in [0.05, 0.1) is 22.2 Å². The van der Waals surface area contributed by atoms with E-state index in [0.29, 0.717) is 17.9 Å². The van der Waals surface area contributed by atoms with E-state index in [4.69, 9.17) is 16.3 Å². The van der Waals surface area contributed by atoms with Crippen molar-refractivity contribution in [1.82, 2.24) is 0 Å². The molecule has 28 heavy (non-hydrogen) atoms. The summed E-state index contributed by atoms with van der Waals surface area (Å²) in [7, 11) is 0. The zero-order valence-electron chi connectivity index (χ0n) is 15.2. The molecule has 0 aliphatic heterocycles. The summed E-state index contributed by atoms with van der Waals surface area (Å²) in [6.07, 6.45) is 1.13. The fourth-order valence-corrected chi connectivity index (χ4v) is 2.53. The lowest BCUT2D eigenvalue weighted by Crippen LogP contribution is -2.27. The molecule has 8 nitrogen and oxygen atoms in total. The maximum atomic E-state index is 11.1. The van der Waals surface area contributed by atoms with Crippen LogP contribution in [0.2, 0.25) is 5.02 Å². The number of anilines is 1. The van der Waals surface area contributed by atoms with E-state index in [9.17, 15) is 14.9 Å². The van der Waals surface area contributed by atoms with Gasteiger partial charge in [-0.1, -0.05) is 18.2 Å². The molecule has 0 aromatic heterocycles. The van der Waals surface area contributed by atoms with Gasteiger partial charge in [-0.3, -0.25) is 10.1 Å². The summed E-state index contributed by atoms with van der Waals surface area (Å²) in [5.74, 6) is -0.447. The van der Waals surface area contributed by atoms with Crippen LogP contribution in [0.4, 0.5) is 22.7 Å². The Morgan fingerprint density at radius 3 is 2.57 bits per heavy atom. The average molecular weight is 403 g/mol. The molecule has 2 rings (SSSR count). The molecule has 0 saturated carbocycles. The molecule has 0 bridgehead atoms. The molecule has 9 heteroatoms. The highest BCUT2D eigenvalue weighted by Crippen LogP contribution is 2.30. The second kappa shape index (κ2) is 10.2. The highest BCUT2D eigenvalue weighted by Gasteiger charge is 2.09. The highest BCUT2D eigenvalue weighted by molar-refractivity contribution is 6.33. The quantitative estimate of drug-likeness (QED) is 0.188. The molecule has 0 atom stereocenters. The van der Waals surface area contributed by atoms with Gasteiger partial charge in [0, 0.05) is 30.4 Å². The van der Waals surface area contributed by atoms with E-state index >= 15 is 0 Å². The molecule has 0 fully saturated rings. The van der Waals surface area contributed by atoms with Crippen LogP contribution in [0.3, 0.4) is 0 Å².